The van der Waals surface area contributed by atoms with Gasteiger partial charge in [0.2, 0.25) is 0 Å². The van der Waals surface area contributed by atoms with Gasteiger partial charge >= 0.3 is 0 Å². The first kappa shape index (κ1) is 13.9. The van der Waals surface area contributed by atoms with Crippen LogP contribution in [0.5, 0.6) is 0 Å². The molecule has 0 atom stereocenters. The molecule has 0 aliphatic rings. The van der Waals surface area contributed by atoms with Crippen molar-refractivity contribution in [1.29, 1.82) is 0 Å². The predicted octanol–water partition coefficient (Wildman–Crippen LogP) is 3.23. The molecule has 1 rings (SSSR count). The summed E-state index contributed by atoms with van der Waals surface area (Å²) in [5, 5.41) is 0. The van der Waals surface area contributed by atoms with E-state index in [1.807, 2.05) is 6.92 Å². The normalized spacial score (nSPS) is 10.5. The molecule has 0 heterocycles. The summed E-state index contributed by atoms with van der Waals surface area (Å²) >= 11 is 0. The Morgan fingerprint density at radius 2 is 2.06 bits per heavy atom. The van der Waals surface area contributed by atoms with Crippen LogP contribution < -0.4 is 0 Å². The molecule has 0 bridgehead atoms. The van der Waals surface area contributed by atoms with Crippen molar-refractivity contribution in [2.24, 2.45) is 0 Å². The highest BCUT2D eigenvalue weighted by Crippen LogP contribution is 2.12. The molecule has 0 N–H and O–H groups in total. The number of rotatable bonds is 7. The molecule has 0 unspecified atom stereocenters. The minimum atomic E-state index is 0.304. The molecule has 17 heavy (non-hydrogen) atoms. The Morgan fingerprint density at radius 3 is 2.76 bits per heavy atom. The molecule has 0 amide bonds. The van der Waals surface area contributed by atoms with Crippen molar-refractivity contribution in [2.75, 3.05) is 13.2 Å². The van der Waals surface area contributed by atoms with E-state index >= 15 is 0 Å². The molecule has 2 nitrogen and oxygen atoms in total. The molecule has 0 spiro atoms. The van der Waals surface area contributed by atoms with Gasteiger partial charge in [-0.2, -0.15) is 0 Å². The topological polar surface area (TPSA) is 26.3 Å². The van der Waals surface area contributed by atoms with Gasteiger partial charge < -0.3 is 4.74 Å². The quantitative estimate of drug-likeness (QED) is 0.677. The Morgan fingerprint density at radius 1 is 1.29 bits per heavy atom. The fourth-order valence-electron chi connectivity index (χ4n) is 1.81. The van der Waals surface area contributed by atoms with Gasteiger partial charge in [0.25, 0.3) is 0 Å². The van der Waals surface area contributed by atoms with E-state index in [1.54, 1.807) is 0 Å². The zero-order valence-electron chi connectivity index (χ0n) is 11.1. The third-order valence-electron chi connectivity index (χ3n) is 2.84. The second-order valence-electron chi connectivity index (χ2n) is 4.45. The molecule has 1 aromatic rings. The van der Waals surface area contributed by atoms with E-state index in [1.165, 1.54) is 11.1 Å². The summed E-state index contributed by atoms with van der Waals surface area (Å²) < 4.78 is 5.22. The number of hydrogen-bond donors (Lipinski definition) is 0. The lowest BCUT2D eigenvalue weighted by atomic mass is 9.99. The minimum Gasteiger partial charge on any atom is -0.382 e. The van der Waals surface area contributed by atoms with Crippen molar-refractivity contribution < 1.29 is 9.53 Å². The largest absolute Gasteiger partial charge is 0.382 e. The highest BCUT2D eigenvalue weighted by molar-refractivity contribution is 5.81. The first-order valence-electron chi connectivity index (χ1n) is 6.29. The van der Waals surface area contributed by atoms with Crippen LogP contribution in [0.15, 0.2) is 18.2 Å². The Bertz CT molecular complexity index is 369. The maximum Gasteiger partial charge on any atom is 0.137 e. The highest BCUT2D eigenvalue weighted by atomic mass is 16.5. The lowest BCUT2D eigenvalue weighted by Crippen LogP contribution is -2.06. The van der Waals surface area contributed by atoms with Gasteiger partial charge in [0.05, 0.1) is 0 Å². The summed E-state index contributed by atoms with van der Waals surface area (Å²) in [5.74, 6) is 0.304. The van der Waals surface area contributed by atoms with Crippen LogP contribution in [0.3, 0.4) is 0 Å². The Balaban J connectivity index is 2.42. The zero-order valence-corrected chi connectivity index (χ0v) is 11.1. The third-order valence-corrected chi connectivity index (χ3v) is 2.84. The average molecular weight is 234 g/mol. The van der Waals surface area contributed by atoms with E-state index in [9.17, 15) is 4.79 Å². The van der Waals surface area contributed by atoms with Gasteiger partial charge in [0.1, 0.15) is 5.78 Å². The van der Waals surface area contributed by atoms with Gasteiger partial charge in [-0.25, -0.2) is 0 Å². The monoisotopic (exact) mass is 234 g/mol. The number of hydrogen-bond acceptors (Lipinski definition) is 2. The summed E-state index contributed by atoms with van der Waals surface area (Å²) in [6, 6.07) is 6.27. The van der Waals surface area contributed by atoms with Gasteiger partial charge in [-0.3, -0.25) is 4.79 Å². The molecule has 0 aromatic heterocycles. The number of aryl methyl sites for hydroxylation is 2. The van der Waals surface area contributed by atoms with Crippen LogP contribution in [0, 0.1) is 13.8 Å². The van der Waals surface area contributed by atoms with Gasteiger partial charge in [0, 0.05) is 26.1 Å². The number of carbonyl (C=O) groups is 1. The zero-order chi connectivity index (χ0) is 12.7. The van der Waals surface area contributed by atoms with E-state index in [0.29, 0.717) is 25.2 Å². The number of Topliss-reactive ketones (excluding diaryl/α,β-unsaturated/α-hetero) is 1. The fraction of sp³-hybridized carbons (Fsp3) is 0.533. The SMILES string of the molecule is CCOCCCC(=O)Cc1cc(C)ccc1C. The molecule has 1 aromatic carbocycles. The summed E-state index contributed by atoms with van der Waals surface area (Å²) in [6.07, 6.45) is 2.00. The standard InChI is InChI=1S/C15H22O2/c1-4-17-9-5-6-15(16)11-14-10-12(2)7-8-13(14)3/h7-8,10H,4-6,9,11H2,1-3H3. The molecular formula is C15H22O2. The van der Waals surface area contributed by atoms with Crippen LogP contribution in [0.1, 0.15) is 36.5 Å². The second-order valence-corrected chi connectivity index (χ2v) is 4.45. The Labute approximate surface area is 104 Å². The van der Waals surface area contributed by atoms with E-state index < -0.39 is 0 Å². The summed E-state index contributed by atoms with van der Waals surface area (Å²) in [4.78, 5) is 11.8. The van der Waals surface area contributed by atoms with Crippen molar-refractivity contribution in [3.05, 3.63) is 34.9 Å². The third kappa shape index (κ3) is 5.14. The smallest absolute Gasteiger partial charge is 0.137 e. The van der Waals surface area contributed by atoms with Crippen molar-refractivity contribution >= 4 is 5.78 Å². The van der Waals surface area contributed by atoms with Crippen LogP contribution in [0.2, 0.25) is 0 Å². The molecule has 0 saturated heterocycles. The molecule has 94 valence electrons. The maximum atomic E-state index is 11.8. The Hall–Kier alpha value is -1.15. The molecule has 0 aliphatic heterocycles. The molecule has 2 heteroatoms. The lowest BCUT2D eigenvalue weighted by molar-refractivity contribution is -0.118. The second kappa shape index (κ2) is 7.23. The average Bonchev–Trinajstić information content (AvgIpc) is 2.29. The molecule has 0 fully saturated rings. The molecule has 0 aliphatic carbocycles. The van der Waals surface area contributed by atoms with Crippen LogP contribution in [0.4, 0.5) is 0 Å². The summed E-state index contributed by atoms with van der Waals surface area (Å²) in [7, 11) is 0. The number of ketones is 1. The maximum absolute atomic E-state index is 11.8. The van der Waals surface area contributed by atoms with Crippen LogP contribution in [-0.4, -0.2) is 19.0 Å². The first-order valence-corrected chi connectivity index (χ1v) is 6.29. The first-order chi connectivity index (χ1) is 8.13. The van der Waals surface area contributed by atoms with Crippen LogP contribution >= 0.6 is 0 Å². The van der Waals surface area contributed by atoms with E-state index in [4.69, 9.17) is 4.74 Å². The van der Waals surface area contributed by atoms with Crippen molar-refractivity contribution in [2.45, 2.75) is 40.0 Å². The highest BCUT2D eigenvalue weighted by Gasteiger charge is 2.06. The molecular weight excluding hydrogens is 212 g/mol. The molecule has 0 saturated carbocycles. The molecule has 0 radical (unpaired) electrons. The van der Waals surface area contributed by atoms with E-state index in [0.717, 1.165) is 18.6 Å². The van der Waals surface area contributed by atoms with Gasteiger partial charge in [-0.1, -0.05) is 23.8 Å². The number of carbonyl (C=O) groups excluding carboxylic acids is 1. The van der Waals surface area contributed by atoms with Gasteiger partial charge in [-0.15, -0.1) is 0 Å². The summed E-state index contributed by atoms with van der Waals surface area (Å²) in [6.45, 7) is 7.50. The van der Waals surface area contributed by atoms with E-state index in [-0.39, 0.29) is 0 Å². The van der Waals surface area contributed by atoms with Gasteiger partial charge in [0.15, 0.2) is 0 Å². The predicted molar refractivity (Wildman–Crippen MR) is 70.4 cm³/mol. The van der Waals surface area contributed by atoms with Gasteiger partial charge in [-0.05, 0) is 38.3 Å². The number of benzene rings is 1. The van der Waals surface area contributed by atoms with Crippen LogP contribution in [0.25, 0.3) is 0 Å². The van der Waals surface area contributed by atoms with Crippen LogP contribution in [-0.2, 0) is 16.0 Å². The van der Waals surface area contributed by atoms with E-state index in [2.05, 4.69) is 32.0 Å². The lowest BCUT2D eigenvalue weighted by Gasteiger charge is -2.06. The minimum absolute atomic E-state index is 0.304. The van der Waals surface area contributed by atoms with Crippen molar-refractivity contribution in [3.63, 3.8) is 0 Å². The fourth-order valence-corrected chi connectivity index (χ4v) is 1.81. The number of ether oxygens (including phenoxy) is 1. The van der Waals surface area contributed by atoms with Crippen molar-refractivity contribution in [1.82, 2.24) is 0 Å². The summed E-state index contributed by atoms with van der Waals surface area (Å²) in [5.41, 5.74) is 3.58. The Kier molecular flexibility index (Phi) is 5.92. The van der Waals surface area contributed by atoms with Crippen molar-refractivity contribution in [3.8, 4) is 0 Å².